The van der Waals surface area contributed by atoms with Gasteiger partial charge in [-0.15, -0.1) is 0 Å². The number of furan rings is 1. The molecule has 1 aliphatic rings. The van der Waals surface area contributed by atoms with Gasteiger partial charge in [-0.1, -0.05) is 29.8 Å². The summed E-state index contributed by atoms with van der Waals surface area (Å²) in [6.07, 6.45) is 0. The number of hydrogen-bond donors (Lipinski definition) is 1. The van der Waals surface area contributed by atoms with Gasteiger partial charge in [0.2, 0.25) is 0 Å². The van der Waals surface area contributed by atoms with Gasteiger partial charge in [-0.05, 0) is 69.9 Å². The maximum Gasteiger partial charge on any atom is 0.295 e. The average molecular weight is 475 g/mol. The Hall–Kier alpha value is -3.84. The number of ether oxygens (including phenoxy) is 1. The van der Waals surface area contributed by atoms with Gasteiger partial charge >= 0.3 is 0 Å². The molecular weight excluding hydrogens is 444 g/mol. The number of aryl methyl sites for hydroxylation is 2. The van der Waals surface area contributed by atoms with E-state index in [0.29, 0.717) is 42.5 Å². The summed E-state index contributed by atoms with van der Waals surface area (Å²) in [5.41, 5.74) is 2.67. The monoisotopic (exact) mass is 474 g/mol. The van der Waals surface area contributed by atoms with Gasteiger partial charge in [0, 0.05) is 18.7 Å². The number of nitrogens with zero attached hydrogens (tertiary/aromatic N) is 2. The Morgan fingerprint density at radius 1 is 1.06 bits per heavy atom. The fraction of sp³-hybridized carbons (Fsp3) is 0.286. The Balaban J connectivity index is 1.62. The lowest BCUT2D eigenvalue weighted by Crippen LogP contribution is -2.35. The first-order valence-corrected chi connectivity index (χ1v) is 11.5. The van der Waals surface area contributed by atoms with Gasteiger partial charge in [0.05, 0.1) is 5.57 Å². The van der Waals surface area contributed by atoms with E-state index in [1.165, 1.54) is 4.90 Å². The van der Waals surface area contributed by atoms with E-state index in [4.69, 9.17) is 9.15 Å². The van der Waals surface area contributed by atoms with E-state index < -0.39 is 17.7 Å². The molecule has 0 radical (unpaired) electrons. The van der Waals surface area contributed by atoms with Crippen LogP contribution in [0.25, 0.3) is 5.76 Å². The minimum absolute atomic E-state index is 0.0246. The second-order valence-corrected chi connectivity index (χ2v) is 9.05. The minimum Gasteiger partial charge on any atom is -0.507 e. The Morgan fingerprint density at radius 3 is 2.43 bits per heavy atom. The molecule has 4 rings (SSSR count). The Morgan fingerprint density at radius 2 is 1.80 bits per heavy atom. The quantitative estimate of drug-likeness (QED) is 0.295. The summed E-state index contributed by atoms with van der Waals surface area (Å²) < 4.78 is 11.7. The molecule has 0 spiro atoms. The van der Waals surface area contributed by atoms with Crippen molar-refractivity contribution in [3.05, 3.63) is 94.4 Å². The molecule has 0 unspecified atom stereocenters. The third-order valence-electron chi connectivity index (χ3n) is 5.97. The minimum atomic E-state index is -0.791. The maximum atomic E-state index is 13.0. The maximum absolute atomic E-state index is 13.0. The van der Waals surface area contributed by atoms with E-state index in [9.17, 15) is 14.7 Å². The zero-order valence-corrected chi connectivity index (χ0v) is 20.4. The predicted molar refractivity (Wildman–Crippen MR) is 133 cm³/mol. The van der Waals surface area contributed by atoms with Crippen LogP contribution in [-0.2, 0) is 16.2 Å². The van der Waals surface area contributed by atoms with Crippen LogP contribution >= 0.6 is 0 Å². The van der Waals surface area contributed by atoms with Crippen LogP contribution in [0, 0.1) is 13.8 Å². The molecular formula is C28H30N2O5. The summed E-state index contributed by atoms with van der Waals surface area (Å²) in [6.45, 7) is 5.14. The van der Waals surface area contributed by atoms with E-state index in [2.05, 4.69) is 6.07 Å². The zero-order chi connectivity index (χ0) is 25.1. The molecule has 1 aliphatic heterocycles. The highest BCUT2D eigenvalue weighted by molar-refractivity contribution is 6.46. The molecule has 7 nitrogen and oxygen atoms in total. The van der Waals surface area contributed by atoms with Crippen molar-refractivity contribution < 1.29 is 23.8 Å². The van der Waals surface area contributed by atoms with Crippen LogP contribution in [0.15, 0.2) is 70.7 Å². The number of benzene rings is 2. The number of Topliss-reactive ketones (excluding diaryl/α,β-unsaturated/α-hetero) is 1. The molecule has 2 heterocycles. The normalized spacial score (nSPS) is 17.4. The Kier molecular flexibility index (Phi) is 7.07. The van der Waals surface area contributed by atoms with Gasteiger partial charge in [-0.2, -0.15) is 0 Å². The Labute approximate surface area is 205 Å². The van der Waals surface area contributed by atoms with Crippen molar-refractivity contribution in [2.24, 2.45) is 0 Å². The van der Waals surface area contributed by atoms with Gasteiger partial charge in [-0.3, -0.25) is 9.59 Å². The molecule has 3 aromatic rings. The van der Waals surface area contributed by atoms with E-state index in [-0.39, 0.29) is 11.3 Å². The van der Waals surface area contributed by atoms with Gasteiger partial charge in [0.15, 0.2) is 0 Å². The van der Waals surface area contributed by atoms with Gasteiger partial charge < -0.3 is 24.1 Å². The second kappa shape index (κ2) is 10.2. The SMILES string of the molecule is Cc1cccc(COc2ccc(/C(O)=C3\C(=O)C(=O)N(CCN(C)C)[C@H]3c3ccc(C)o3)cc2)c1. The van der Waals surface area contributed by atoms with Crippen LogP contribution in [0.2, 0.25) is 0 Å². The zero-order valence-electron chi connectivity index (χ0n) is 20.4. The van der Waals surface area contributed by atoms with Crippen molar-refractivity contribution in [2.45, 2.75) is 26.5 Å². The number of ketones is 1. The van der Waals surface area contributed by atoms with Crippen LogP contribution in [-0.4, -0.2) is 53.8 Å². The van der Waals surface area contributed by atoms with Gasteiger partial charge in [-0.25, -0.2) is 0 Å². The highest BCUT2D eigenvalue weighted by atomic mass is 16.5. The number of likely N-dealkylation sites (tertiary alicyclic amines) is 1. The van der Waals surface area contributed by atoms with Crippen molar-refractivity contribution >= 4 is 17.4 Å². The molecule has 0 aliphatic carbocycles. The smallest absolute Gasteiger partial charge is 0.295 e. The summed E-state index contributed by atoms with van der Waals surface area (Å²) in [7, 11) is 3.79. The molecule has 182 valence electrons. The lowest BCUT2D eigenvalue weighted by Gasteiger charge is -2.24. The molecule has 7 heteroatoms. The fourth-order valence-electron chi connectivity index (χ4n) is 4.15. The molecule has 1 saturated heterocycles. The summed E-state index contributed by atoms with van der Waals surface area (Å²) in [4.78, 5) is 29.3. The van der Waals surface area contributed by atoms with Crippen molar-refractivity contribution in [3.8, 4) is 5.75 Å². The first kappa shape index (κ1) is 24.3. The molecule has 1 amide bonds. The van der Waals surface area contributed by atoms with E-state index in [1.54, 1.807) is 43.3 Å². The summed E-state index contributed by atoms with van der Waals surface area (Å²) in [5.74, 6) is 0.131. The topological polar surface area (TPSA) is 83.2 Å². The average Bonchev–Trinajstić information content (AvgIpc) is 3.37. The highest BCUT2D eigenvalue weighted by Gasteiger charge is 2.47. The number of aliphatic hydroxyl groups is 1. The molecule has 0 bridgehead atoms. The lowest BCUT2D eigenvalue weighted by atomic mass is 9.99. The van der Waals surface area contributed by atoms with Crippen molar-refractivity contribution in [1.29, 1.82) is 0 Å². The lowest BCUT2D eigenvalue weighted by molar-refractivity contribution is -0.140. The number of carbonyl (C=O) groups excluding carboxylic acids is 2. The third kappa shape index (κ3) is 5.30. The molecule has 35 heavy (non-hydrogen) atoms. The molecule has 1 fully saturated rings. The number of hydrogen-bond acceptors (Lipinski definition) is 6. The van der Waals surface area contributed by atoms with Crippen LogP contribution < -0.4 is 4.74 Å². The van der Waals surface area contributed by atoms with Crippen LogP contribution in [0.3, 0.4) is 0 Å². The fourth-order valence-corrected chi connectivity index (χ4v) is 4.15. The summed E-state index contributed by atoms with van der Waals surface area (Å²) in [6, 6.07) is 17.6. The first-order chi connectivity index (χ1) is 16.7. The molecule has 1 aromatic heterocycles. The highest BCUT2D eigenvalue weighted by Crippen LogP contribution is 2.40. The van der Waals surface area contributed by atoms with Crippen molar-refractivity contribution in [1.82, 2.24) is 9.80 Å². The second-order valence-electron chi connectivity index (χ2n) is 9.05. The number of carbonyl (C=O) groups is 2. The first-order valence-electron chi connectivity index (χ1n) is 11.5. The molecule has 0 saturated carbocycles. The van der Waals surface area contributed by atoms with Crippen LogP contribution in [0.1, 0.15) is 34.3 Å². The van der Waals surface area contributed by atoms with Crippen LogP contribution in [0.4, 0.5) is 0 Å². The van der Waals surface area contributed by atoms with E-state index >= 15 is 0 Å². The van der Waals surface area contributed by atoms with Crippen molar-refractivity contribution in [2.75, 3.05) is 27.2 Å². The van der Waals surface area contributed by atoms with Crippen LogP contribution in [0.5, 0.6) is 5.75 Å². The molecule has 2 aromatic carbocycles. The summed E-state index contributed by atoms with van der Waals surface area (Å²) in [5, 5.41) is 11.2. The summed E-state index contributed by atoms with van der Waals surface area (Å²) >= 11 is 0. The predicted octanol–water partition coefficient (Wildman–Crippen LogP) is 4.46. The Bertz CT molecular complexity index is 1260. The van der Waals surface area contributed by atoms with Crippen molar-refractivity contribution in [3.63, 3.8) is 0 Å². The number of likely N-dealkylation sites (N-methyl/N-ethyl adjacent to an activating group) is 1. The van der Waals surface area contributed by atoms with Gasteiger partial charge in [0.1, 0.15) is 35.7 Å². The molecule has 1 N–H and O–H groups in total. The standard InChI is InChI=1S/C28H30N2O5/c1-18-6-5-7-20(16-18)17-34-22-11-9-21(10-12-22)26(31)24-25(23-13-8-19(2)35-23)30(15-14-29(3)4)28(33)27(24)32/h5-13,16,25,31H,14-15,17H2,1-4H3/b26-24+/t25-/m0/s1. The number of aliphatic hydroxyl groups excluding tert-OH is 1. The van der Waals surface area contributed by atoms with E-state index in [1.807, 2.05) is 44.1 Å². The van der Waals surface area contributed by atoms with Gasteiger partial charge in [0.25, 0.3) is 11.7 Å². The number of rotatable bonds is 8. The largest absolute Gasteiger partial charge is 0.507 e. The third-order valence-corrected chi connectivity index (χ3v) is 5.97. The number of amides is 1. The molecule has 1 atom stereocenters. The van der Waals surface area contributed by atoms with E-state index in [0.717, 1.165) is 11.1 Å².